The highest BCUT2D eigenvalue weighted by Crippen LogP contribution is 2.43. The van der Waals surface area contributed by atoms with Gasteiger partial charge in [0.15, 0.2) is 6.10 Å². The van der Waals surface area contributed by atoms with Crippen LogP contribution in [0.5, 0.6) is 0 Å². The van der Waals surface area contributed by atoms with Crippen LogP contribution in [0.1, 0.15) is 47.0 Å². The van der Waals surface area contributed by atoms with Crippen LogP contribution in [0, 0.1) is 5.41 Å². The van der Waals surface area contributed by atoms with Crippen molar-refractivity contribution in [3.63, 3.8) is 0 Å². The molecule has 0 amide bonds. The monoisotopic (exact) mass is 264 g/mol. The molecule has 1 fully saturated rings. The third-order valence-corrected chi connectivity index (χ3v) is 4.37. The number of carbonyl (C=O) groups excluding carboxylic acids is 1. The molecule has 106 valence electrons. The molecule has 1 aliphatic heterocycles. The molecule has 0 radical (unpaired) electrons. The largest absolute Gasteiger partial charge is 0.467 e. The summed E-state index contributed by atoms with van der Waals surface area (Å²) in [6.07, 6.45) is 7.36. The van der Waals surface area contributed by atoms with Gasteiger partial charge < -0.3 is 9.47 Å². The number of allylic oxidation sites excluding steroid dienone is 3. The summed E-state index contributed by atoms with van der Waals surface area (Å²) in [5, 5.41) is 0. The van der Waals surface area contributed by atoms with Gasteiger partial charge in [-0.25, -0.2) is 4.79 Å². The fourth-order valence-electron chi connectivity index (χ4n) is 2.99. The molecular weight excluding hydrogens is 240 g/mol. The van der Waals surface area contributed by atoms with Crippen molar-refractivity contribution in [3.05, 3.63) is 23.3 Å². The molecule has 0 N–H and O–H groups in total. The van der Waals surface area contributed by atoms with Crippen LogP contribution in [-0.2, 0) is 14.3 Å². The van der Waals surface area contributed by atoms with Gasteiger partial charge in [-0.3, -0.25) is 0 Å². The van der Waals surface area contributed by atoms with E-state index in [-0.39, 0.29) is 11.4 Å². The maximum atomic E-state index is 11.4. The van der Waals surface area contributed by atoms with Crippen LogP contribution in [0.4, 0.5) is 0 Å². The molecule has 0 aromatic rings. The van der Waals surface area contributed by atoms with Gasteiger partial charge in [0.2, 0.25) is 0 Å². The Balaban J connectivity index is 2.13. The van der Waals surface area contributed by atoms with Crippen LogP contribution in [0.3, 0.4) is 0 Å². The molecule has 0 bridgehead atoms. The number of esters is 1. The molecule has 0 spiro atoms. The van der Waals surface area contributed by atoms with Gasteiger partial charge in [-0.15, -0.1) is 0 Å². The first-order valence-corrected chi connectivity index (χ1v) is 6.95. The Morgan fingerprint density at radius 1 is 1.42 bits per heavy atom. The molecule has 3 nitrogen and oxygen atoms in total. The van der Waals surface area contributed by atoms with Crippen LogP contribution < -0.4 is 0 Å². The molecule has 1 saturated heterocycles. The molecule has 2 atom stereocenters. The first kappa shape index (κ1) is 14.3. The molecule has 1 heterocycles. The van der Waals surface area contributed by atoms with Gasteiger partial charge in [-0.2, -0.15) is 0 Å². The van der Waals surface area contributed by atoms with Gasteiger partial charge in [0.1, 0.15) is 5.60 Å². The van der Waals surface area contributed by atoms with E-state index in [1.807, 2.05) is 13.0 Å². The Morgan fingerprint density at radius 2 is 2.11 bits per heavy atom. The SMILES string of the molecule is COC(=O)C1OC1(C)C=CC1=C(C)CCCC1(C)C. The number of carbonyl (C=O) groups is 1. The summed E-state index contributed by atoms with van der Waals surface area (Å²) in [5.41, 5.74) is 2.56. The van der Waals surface area contributed by atoms with Gasteiger partial charge >= 0.3 is 5.97 Å². The van der Waals surface area contributed by atoms with Crippen molar-refractivity contribution in [3.8, 4) is 0 Å². The lowest BCUT2D eigenvalue weighted by Crippen LogP contribution is -2.20. The molecule has 0 saturated carbocycles. The quantitative estimate of drug-likeness (QED) is 0.579. The first-order valence-electron chi connectivity index (χ1n) is 6.95. The molecule has 1 aliphatic carbocycles. The molecule has 3 heteroatoms. The van der Waals surface area contributed by atoms with Crippen molar-refractivity contribution >= 4 is 5.97 Å². The maximum absolute atomic E-state index is 11.4. The molecule has 2 unspecified atom stereocenters. The van der Waals surface area contributed by atoms with E-state index >= 15 is 0 Å². The fraction of sp³-hybridized carbons (Fsp3) is 0.688. The zero-order chi connectivity index (χ0) is 14.3. The molecule has 2 rings (SSSR count). The highest BCUT2D eigenvalue weighted by atomic mass is 16.6. The minimum Gasteiger partial charge on any atom is -0.467 e. The van der Waals surface area contributed by atoms with Crippen molar-refractivity contribution in [2.75, 3.05) is 7.11 Å². The van der Waals surface area contributed by atoms with Crippen LogP contribution in [0.2, 0.25) is 0 Å². The second-order valence-corrected chi connectivity index (χ2v) is 6.47. The highest BCUT2D eigenvalue weighted by Gasteiger charge is 2.56. The van der Waals surface area contributed by atoms with Gasteiger partial charge in [-0.05, 0) is 50.2 Å². The van der Waals surface area contributed by atoms with Crippen molar-refractivity contribution in [2.24, 2.45) is 5.41 Å². The van der Waals surface area contributed by atoms with E-state index in [0.717, 1.165) is 0 Å². The Hall–Kier alpha value is -1.09. The highest BCUT2D eigenvalue weighted by molar-refractivity contribution is 5.79. The summed E-state index contributed by atoms with van der Waals surface area (Å²) in [6.45, 7) is 8.69. The van der Waals surface area contributed by atoms with Crippen molar-refractivity contribution in [1.29, 1.82) is 0 Å². The summed E-state index contributed by atoms with van der Waals surface area (Å²) in [6, 6.07) is 0. The van der Waals surface area contributed by atoms with Crippen LogP contribution in [0.25, 0.3) is 0 Å². The summed E-state index contributed by atoms with van der Waals surface area (Å²) in [7, 11) is 1.39. The number of ether oxygens (including phenoxy) is 2. The van der Waals surface area contributed by atoms with Gasteiger partial charge in [0.25, 0.3) is 0 Å². The molecule has 0 aromatic heterocycles. The van der Waals surface area contributed by atoms with E-state index in [1.165, 1.54) is 37.5 Å². The fourth-order valence-corrected chi connectivity index (χ4v) is 2.99. The van der Waals surface area contributed by atoms with Gasteiger partial charge in [0, 0.05) is 0 Å². The molecule has 19 heavy (non-hydrogen) atoms. The van der Waals surface area contributed by atoms with E-state index in [0.29, 0.717) is 0 Å². The van der Waals surface area contributed by atoms with E-state index in [9.17, 15) is 4.79 Å². The summed E-state index contributed by atoms with van der Waals surface area (Å²) in [5.74, 6) is -0.291. The van der Waals surface area contributed by atoms with Gasteiger partial charge in [0.05, 0.1) is 7.11 Å². The third kappa shape index (κ3) is 2.76. The second-order valence-electron chi connectivity index (χ2n) is 6.47. The van der Waals surface area contributed by atoms with Crippen LogP contribution in [-0.4, -0.2) is 24.8 Å². The molecular formula is C16H24O3. The normalized spacial score (nSPS) is 33.6. The van der Waals surface area contributed by atoms with Crippen molar-refractivity contribution < 1.29 is 14.3 Å². The Morgan fingerprint density at radius 3 is 2.68 bits per heavy atom. The lowest BCUT2D eigenvalue weighted by atomic mass is 9.72. The molecule has 2 aliphatic rings. The van der Waals surface area contributed by atoms with E-state index < -0.39 is 11.7 Å². The number of hydrogen-bond acceptors (Lipinski definition) is 3. The summed E-state index contributed by atoms with van der Waals surface area (Å²) < 4.78 is 10.2. The van der Waals surface area contributed by atoms with Crippen molar-refractivity contribution in [1.82, 2.24) is 0 Å². The minimum atomic E-state index is -0.492. The number of epoxide rings is 1. The average Bonchev–Trinajstić information content (AvgIpc) is 2.99. The Bertz CT molecular complexity index is 445. The predicted molar refractivity (Wildman–Crippen MR) is 74.8 cm³/mol. The number of methoxy groups -OCH3 is 1. The third-order valence-electron chi connectivity index (χ3n) is 4.37. The maximum Gasteiger partial charge on any atom is 0.338 e. The van der Waals surface area contributed by atoms with Crippen molar-refractivity contribution in [2.45, 2.75) is 58.7 Å². The Labute approximate surface area is 115 Å². The Kier molecular flexibility index (Phi) is 3.61. The van der Waals surface area contributed by atoms with E-state index in [2.05, 4.69) is 26.8 Å². The predicted octanol–water partition coefficient (Wildman–Crippen LogP) is 3.40. The average molecular weight is 264 g/mol. The smallest absolute Gasteiger partial charge is 0.338 e. The van der Waals surface area contributed by atoms with E-state index in [4.69, 9.17) is 9.47 Å². The van der Waals surface area contributed by atoms with Gasteiger partial charge in [-0.1, -0.05) is 25.5 Å². The lowest BCUT2D eigenvalue weighted by Gasteiger charge is -2.33. The lowest BCUT2D eigenvalue weighted by molar-refractivity contribution is -0.142. The second kappa shape index (κ2) is 4.78. The summed E-state index contributed by atoms with van der Waals surface area (Å²) >= 11 is 0. The topological polar surface area (TPSA) is 38.8 Å². The zero-order valence-electron chi connectivity index (χ0n) is 12.6. The number of hydrogen-bond donors (Lipinski definition) is 0. The number of rotatable bonds is 3. The van der Waals surface area contributed by atoms with Crippen LogP contribution >= 0.6 is 0 Å². The first-order chi connectivity index (χ1) is 8.80. The van der Waals surface area contributed by atoms with E-state index in [1.54, 1.807) is 0 Å². The van der Waals surface area contributed by atoms with Crippen LogP contribution in [0.15, 0.2) is 23.3 Å². The minimum absolute atomic E-state index is 0.213. The molecule has 0 aromatic carbocycles. The standard InChI is InChI=1S/C16H24O3/c1-11-7-6-9-15(2,3)12(11)8-10-16(4)13(19-16)14(17)18-5/h8,10,13H,6-7,9H2,1-5H3. The summed E-state index contributed by atoms with van der Waals surface area (Å²) in [4.78, 5) is 11.4. The zero-order valence-corrected chi connectivity index (χ0v) is 12.6.